The van der Waals surface area contributed by atoms with Crippen LogP contribution in [0.4, 0.5) is 5.82 Å². The molecule has 0 aliphatic carbocycles. The number of aromatic amines is 1. The Hall–Kier alpha value is 0.110. The first-order valence-corrected chi connectivity index (χ1v) is 6.87. The highest BCUT2D eigenvalue weighted by Gasteiger charge is 2.31. The van der Waals surface area contributed by atoms with Crippen LogP contribution in [0.1, 0.15) is 5.56 Å². The van der Waals surface area contributed by atoms with Crippen LogP contribution in [0.2, 0.25) is 0 Å². The second-order valence-electron chi connectivity index (χ2n) is 2.83. The first-order valence-electron chi connectivity index (χ1n) is 3.94. The predicted molar refractivity (Wildman–Crippen MR) is 72.6 cm³/mol. The maximum absolute atomic E-state index is 4.46. The van der Waals surface area contributed by atoms with Crippen molar-refractivity contribution < 1.29 is 0 Å². The number of aromatic nitrogens is 2. The third kappa shape index (κ3) is 1.65. The van der Waals surface area contributed by atoms with Crippen LogP contribution in [0.3, 0.4) is 0 Å². The summed E-state index contributed by atoms with van der Waals surface area (Å²) in [4.78, 5) is 4.09. The lowest BCUT2D eigenvalue weighted by Gasteiger charge is -2.29. The Morgan fingerprint density at radius 1 is 1.71 bits per heavy atom. The summed E-state index contributed by atoms with van der Waals surface area (Å²) < 4.78 is 1.00. The summed E-state index contributed by atoms with van der Waals surface area (Å²) in [6.45, 7) is 0. The predicted octanol–water partition coefficient (Wildman–Crippen LogP) is 1.81. The Kier molecular flexibility index (Phi) is 2.98. The fourth-order valence-electron chi connectivity index (χ4n) is 1.18. The van der Waals surface area contributed by atoms with Crippen molar-refractivity contribution >= 4 is 59.0 Å². The molecule has 1 aromatic heterocycles. The zero-order valence-corrected chi connectivity index (χ0v) is 11.3. The number of nitrogens with one attached hydrogen (secondary N) is 2. The molecule has 7 heteroatoms. The molecule has 0 saturated heterocycles. The topological polar surface area (TPSA) is 53.1 Å². The van der Waals surface area contributed by atoms with Crippen molar-refractivity contribution in [2.24, 2.45) is 4.99 Å². The van der Waals surface area contributed by atoms with Crippen LogP contribution in [0.25, 0.3) is 0 Å². The van der Waals surface area contributed by atoms with E-state index in [9.17, 15) is 0 Å². The van der Waals surface area contributed by atoms with Crippen LogP contribution in [-0.2, 0) is 0 Å². The fraction of sp³-hybridized carbons (Fsp3) is 0.429. The van der Waals surface area contributed by atoms with Crippen molar-refractivity contribution in [3.63, 3.8) is 0 Å². The average Bonchev–Trinajstić information content (AvgIpc) is 2.59. The van der Waals surface area contributed by atoms with Crippen LogP contribution in [0.15, 0.2) is 4.99 Å². The second kappa shape index (κ2) is 3.93. The van der Waals surface area contributed by atoms with Gasteiger partial charge in [0.2, 0.25) is 0 Å². The molecule has 1 unspecified atom stereocenters. The molecule has 1 aliphatic heterocycles. The normalized spacial score (nSPS) is 24.5. The fourth-order valence-corrected chi connectivity index (χ4v) is 2.73. The third-order valence-corrected chi connectivity index (χ3v) is 4.55. The molecule has 76 valence electrons. The Balaban J connectivity index is 2.38. The van der Waals surface area contributed by atoms with Gasteiger partial charge in [-0.15, -0.1) is 11.8 Å². The zero-order valence-electron chi connectivity index (χ0n) is 7.41. The van der Waals surface area contributed by atoms with Gasteiger partial charge in [0.15, 0.2) is 10.8 Å². The van der Waals surface area contributed by atoms with Gasteiger partial charge in [-0.2, -0.15) is 17.7 Å². The number of thiol groups is 1. The zero-order chi connectivity index (χ0) is 10.2. The highest BCUT2D eigenvalue weighted by Crippen LogP contribution is 2.32. The lowest BCUT2D eigenvalue weighted by molar-refractivity contribution is 0.785. The molecule has 2 rings (SSSR count). The van der Waals surface area contributed by atoms with Crippen molar-refractivity contribution in [3.05, 3.63) is 9.26 Å². The monoisotopic (exact) mass is 340 g/mol. The van der Waals surface area contributed by atoms with Gasteiger partial charge >= 0.3 is 0 Å². The summed E-state index contributed by atoms with van der Waals surface area (Å²) in [5.74, 6) is 1.49. The smallest absolute Gasteiger partial charge is 0.187 e. The molecule has 0 radical (unpaired) electrons. The summed E-state index contributed by atoms with van der Waals surface area (Å²) in [5.41, 5.74) is 1.03. The summed E-state index contributed by atoms with van der Waals surface area (Å²) in [6, 6.07) is 0. The minimum Gasteiger partial charge on any atom is -0.335 e. The van der Waals surface area contributed by atoms with E-state index in [1.165, 1.54) is 0 Å². The van der Waals surface area contributed by atoms with Crippen LogP contribution in [0, 0.1) is 3.70 Å². The Morgan fingerprint density at radius 2 is 2.50 bits per heavy atom. The molecule has 14 heavy (non-hydrogen) atoms. The standard InChI is InChI=1S/C7H9IN4S2/c1-14-7(3-13)9-2-4-5(8)11-12-6(4)10-7/h2,13H,3H2,1H3,(H2,10,11,12). The largest absolute Gasteiger partial charge is 0.335 e. The van der Waals surface area contributed by atoms with Gasteiger partial charge in [0.05, 0.1) is 5.56 Å². The van der Waals surface area contributed by atoms with E-state index >= 15 is 0 Å². The van der Waals surface area contributed by atoms with E-state index in [0.29, 0.717) is 5.75 Å². The molecule has 0 spiro atoms. The van der Waals surface area contributed by atoms with Gasteiger partial charge in [0.25, 0.3) is 0 Å². The van der Waals surface area contributed by atoms with Crippen molar-refractivity contribution in [2.75, 3.05) is 17.3 Å². The number of anilines is 1. The molecule has 0 saturated carbocycles. The molecule has 1 aromatic rings. The van der Waals surface area contributed by atoms with Crippen LogP contribution in [-0.4, -0.2) is 33.4 Å². The van der Waals surface area contributed by atoms with Crippen molar-refractivity contribution in [3.8, 4) is 0 Å². The summed E-state index contributed by atoms with van der Waals surface area (Å²) >= 11 is 8.11. The van der Waals surface area contributed by atoms with Gasteiger partial charge in [-0.05, 0) is 28.8 Å². The molecule has 0 fully saturated rings. The van der Waals surface area contributed by atoms with Gasteiger partial charge < -0.3 is 5.32 Å². The van der Waals surface area contributed by atoms with Crippen LogP contribution in [0.5, 0.6) is 0 Å². The van der Waals surface area contributed by atoms with E-state index < -0.39 is 0 Å². The molecule has 2 heterocycles. The lowest BCUT2D eigenvalue weighted by atomic mass is 10.3. The number of nitrogens with zero attached hydrogens (tertiary/aromatic N) is 2. The number of hydrogen-bond donors (Lipinski definition) is 3. The Bertz CT molecular complexity index is 372. The molecule has 4 nitrogen and oxygen atoms in total. The van der Waals surface area contributed by atoms with E-state index in [4.69, 9.17) is 0 Å². The third-order valence-electron chi connectivity index (χ3n) is 2.03. The molecule has 1 atom stereocenters. The summed E-state index contributed by atoms with van der Waals surface area (Å²) in [5, 5.41) is 10.4. The molecule has 1 aliphatic rings. The quantitative estimate of drug-likeness (QED) is 0.569. The maximum atomic E-state index is 4.46. The number of thioether (sulfide) groups is 1. The van der Waals surface area contributed by atoms with Crippen molar-refractivity contribution in [2.45, 2.75) is 4.99 Å². The molecular formula is C7H9IN4S2. The average molecular weight is 340 g/mol. The first kappa shape index (κ1) is 10.6. The van der Waals surface area contributed by atoms with Gasteiger partial charge in [-0.3, -0.25) is 10.1 Å². The van der Waals surface area contributed by atoms with Gasteiger partial charge in [0, 0.05) is 12.0 Å². The molecule has 2 N–H and O–H groups in total. The number of halogens is 1. The lowest BCUT2D eigenvalue weighted by Crippen LogP contribution is -2.37. The Morgan fingerprint density at radius 3 is 3.14 bits per heavy atom. The summed E-state index contributed by atoms with van der Waals surface area (Å²) in [7, 11) is 0. The van der Waals surface area contributed by atoms with Gasteiger partial charge in [0.1, 0.15) is 3.70 Å². The van der Waals surface area contributed by atoms with Crippen LogP contribution >= 0.6 is 47.0 Å². The van der Waals surface area contributed by atoms with Crippen molar-refractivity contribution in [1.29, 1.82) is 0 Å². The van der Waals surface area contributed by atoms with Crippen molar-refractivity contribution in [1.82, 2.24) is 10.2 Å². The number of fused-ring (bicyclic) bond motifs is 1. The van der Waals surface area contributed by atoms with E-state index in [-0.39, 0.29) is 4.99 Å². The van der Waals surface area contributed by atoms with E-state index in [1.807, 2.05) is 12.5 Å². The molecular weight excluding hydrogens is 331 g/mol. The summed E-state index contributed by atoms with van der Waals surface area (Å²) in [6.07, 6.45) is 3.85. The highest BCUT2D eigenvalue weighted by atomic mass is 127. The maximum Gasteiger partial charge on any atom is 0.187 e. The minimum absolute atomic E-state index is 0.367. The second-order valence-corrected chi connectivity index (χ2v) is 5.31. The van der Waals surface area contributed by atoms with Gasteiger partial charge in [-0.25, -0.2) is 0 Å². The molecule has 0 bridgehead atoms. The Labute approximate surface area is 105 Å². The minimum atomic E-state index is -0.367. The van der Waals surface area contributed by atoms with E-state index in [1.54, 1.807) is 11.8 Å². The number of H-pyrrole nitrogens is 1. The van der Waals surface area contributed by atoms with Gasteiger partial charge in [-0.1, -0.05) is 0 Å². The molecule has 0 aromatic carbocycles. The molecule has 0 amide bonds. The number of rotatable bonds is 2. The SMILES string of the molecule is CSC1(CS)N=Cc2c(n[nH]c2I)N1. The first-order chi connectivity index (χ1) is 6.71. The van der Waals surface area contributed by atoms with E-state index in [0.717, 1.165) is 15.1 Å². The number of aliphatic imine (C=N–C) groups is 1. The highest BCUT2D eigenvalue weighted by molar-refractivity contribution is 14.1. The van der Waals surface area contributed by atoms with E-state index in [2.05, 4.69) is 55.7 Å². The number of hydrogen-bond acceptors (Lipinski definition) is 5. The van der Waals surface area contributed by atoms with Crippen LogP contribution < -0.4 is 5.32 Å².